The van der Waals surface area contributed by atoms with Crippen LogP contribution in [0, 0.1) is 11.8 Å². The number of halogens is 3. The molecule has 0 aromatic heterocycles. The van der Waals surface area contributed by atoms with Crippen LogP contribution in [0.5, 0.6) is 0 Å². The predicted octanol–water partition coefficient (Wildman–Crippen LogP) is 5.34. The van der Waals surface area contributed by atoms with Crippen LogP contribution in [0.15, 0.2) is 45.3 Å². The van der Waals surface area contributed by atoms with Crippen molar-refractivity contribution in [3.05, 3.63) is 67.6 Å². The number of alkyl halides is 1. The fourth-order valence-corrected chi connectivity index (χ4v) is 5.10. The SMILES string of the molecule is COC(=O)c1ccc(CBr)cc1Br.COC(=O)c1ccc(CN2CC3CC3C2=O)cc1Br. The molecule has 2 aromatic carbocycles. The summed E-state index contributed by atoms with van der Waals surface area (Å²) in [5.41, 5.74) is 3.18. The van der Waals surface area contributed by atoms with Gasteiger partial charge in [-0.15, -0.1) is 0 Å². The number of esters is 2. The van der Waals surface area contributed by atoms with Gasteiger partial charge in [0.2, 0.25) is 5.91 Å². The summed E-state index contributed by atoms with van der Waals surface area (Å²) >= 11 is 10.0. The normalized spacial score (nSPS) is 18.4. The summed E-state index contributed by atoms with van der Waals surface area (Å²) < 4.78 is 10.8. The third-order valence-electron chi connectivity index (χ3n) is 5.41. The van der Waals surface area contributed by atoms with E-state index >= 15 is 0 Å². The highest BCUT2D eigenvalue weighted by Gasteiger charge is 2.51. The van der Waals surface area contributed by atoms with Gasteiger partial charge < -0.3 is 14.4 Å². The molecule has 9 heteroatoms. The van der Waals surface area contributed by atoms with Crippen molar-refractivity contribution in [2.45, 2.75) is 18.3 Å². The van der Waals surface area contributed by atoms with Crippen molar-refractivity contribution in [2.24, 2.45) is 11.8 Å². The lowest BCUT2D eigenvalue weighted by Gasteiger charge is -2.18. The Morgan fingerprint density at radius 3 is 1.94 bits per heavy atom. The first-order valence-electron chi connectivity index (χ1n) is 9.87. The molecule has 2 fully saturated rings. The van der Waals surface area contributed by atoms with Gasteiger partial charge in [-0.05, 0) is 79.6 Å². The molecule has 2 aliphatic rings. The molecule has 0 spiro atoms. The fourth-order valence-electron chi connectivity index (χ4n) is 3.57. The zero-order chi connectivity index (χ0) is 23.4. The van der Waals surface area contributed by atoms with Gasteiger partial charge in [0, 0.05) is 33.3 Å². The maximum absolute atomic E-state index is 11.9. The molecule has 2 atom stereocenters. The lowest BCUT2D eigenvalue weighted by molar-refractivity contribution is -0.130. The number of benzene rings is 2. The second kappa shape index (κ2) is 10.9. The maximum Gasteiger partial charge on any atom is 0.339 e. The van der Waals surface area contributed by atoms with E-state index in [4.69, 9.17) is 4.74 Å². The summed E-state index contributed by atoms with van der Waals surface area (Å²) in [4.78, 5) is 36.4. The summed E-state index contributed by atoms with van der Waals surface area (Å²) in [6, 6.07) is 11.0. The minimum Gasteiger partial charge on any atom is -0.465 e. The van der Waals surface area contributed by atoms with Crippen LogP contribution in [-0.4, -0.2) is 43.5 Å². The van der Waals surface area contributed by atoms with Crippen LogP contribution >= 0.6 is 47.8 Å². The van der Waals surface area contributed by atoms with Crippen LogP contribution in [0.1, 0.15) is 38.3 Å². The number of methoxy groups -OCH3 is 2. The molecule has 4 rings (SSSR count). The van der Waals surface area contributed by atoms with Gasteiger partial charge in [-0.2, -0.15) is 0 Å². The fraction of sp³-hybridized carbons (Fsp3) is 0.348. The third kappa shape index (κ3) is 5.80. The number of amides is 1. The summed E-state index contributed by atoms with van der Waals surface area (Å²) in [7, 11) is 2.73. The Hall–Kier alpha value is -1.71. The molecule has 170 valence electrons. The number of hydrogen-bond donors (Lipinski definition) is 0. The van der Waals surface area contributed by atoms with Crippen LogP contribution in [0.4, 0.5) is 0 Å². The number of ether oxygens (including phenoxy) is 2. The topological polar surface area (TPSA) is 72.9 Å². The number of nitrogens with zero attached hydrogens (tertiary/aromatic N) is 1. The van der Waals surface area contributed by atoms with Gasteiger partial charge >= 0.3 is 11.9 Å². The number of piperidine rings is 1. The second-order valence-corrected chi connectivity index (χ2v) is 9.84. The number of likely N-dealkylation sites (tertiary alicyclic amines) is 1. The molecule has 1 heterocycles. The van der Waals surface area contributed by atoms with Crippen molar-refractivity contribution in [1.29, 1.82) is 0 Å². The zero-order valence-corrected chi connectivity index (χ0v) is 22.3. The quantitative estimate of drug-likeness (QED) is 0.329. The summed E-state index contributed by atoms with van der Waals surface area (Å²) in [6.45, 7) is 1.49. The number of carbonyl (C=O) groups excluding carboxylic acids is 3. The Morgan fingerprint density at radius 1 is 0.969 bits per heavy atom. The van der Waals surface area contributed by atoms with Crippen molar-refractivity contribution < 1.29 is 23.9 Å². The number of fused-ring (bicyclic) bond motifs is 1. The van der Waals surface area contributed by atoms with E-state index in [0.717, 1.165) is 33.9 Å². The first-order valence-corrected chi connectivity index (χ1v) is 12.6. The molecular weight excluding hydrogens is 610 g/mol. The molecule has 1 aliphatic carbocycles. The maximum atomic E-state index is 11.9. The van der Waals surface area contributed by atoms with Gasteiger partial charge in [-0.3, -0.25) is 4.79 Å². The molecule has 32 heavy (non-hydrogen) atoms. The van der Waals surface area contributed by atoms with E-state index < -0.39 is 0 Å². The van der Waals surface area contributed by atoms with Crippen molar-refractivity contribution in [3.63, 3.8) is 0 Å². The molecule has 0 bridgehead atoms. The molecule has 1 saturated heterocycles. The van der Waals surface area contributed by atoms with E-state index in [0.29, 0.717) is 28.1 Å². The van der Waals surface area contributed by atoms with Crippen LogP contribution in [0.3, 0.4) is 0 Å². The molecule has 6 nitrogen and oxygen atoms in total. The predicted molar refractivity (Wildman–Crippen MR) is 131 cm³/mol. The molecule has 0 radical (unpaired) electrons. The van der Waals surface area contributed by atoms with E-state index in [1.807, 2.05) is 29.2 Å². The van der Waals surface area contributed by atoms with E-state index in [1.54, 1.807) is 12.1 Å². The smallest absolute Gasteiger partial charge is 0.339 e. The Balaban J connectivity index is 0.000000195. The average molecular weight is 632 g/mol. The Morgan fingerprint density at radius 2 is 1.50 bits per heavy atom. The van der Waals surface area contributed by atoms with E-state index in [2.05, 4.69) is 52.5 Å². The lowest BCUT2D eigenvalue weighted by Crippen LogP contribution is -2.27. The highest BCUT2D eigenvalue weighted by atomic mass is 79.9. The molecule has 2 unspecified atom stereocenters. The number of carbonyl (C=O) groups is 3. The Bertz CT molecular complexity index is 1040. The molecular formula is C23H22Br3NO5. The highest BCUT2D eigenvalue weighted by Crippen LogP contribution is 2.46. The summed E-state index contributed by atoms with van der Waals surface area (Å²) in [5, 5.41) is 0.771. The van der Waals surface area contributed by atoms with E-state index in [9.17, 15) is 14.4 Å². The summed E-state index contributed by atoms with van der Waals surface area (Å²) in [6.07, 6.45) is 1.07. The number of hydrogen-bond acceptors (Lipinski definition) is 5. The van der Waals surface area contributed by atoms with E-state index in [-0.39, 0.29) is 23.8 Å². The Kier molecular flexibility index (Phi) is 8.52. The van der Waals surface area contributed by atoms with Crippen LogP contribution in [0.25, 0.3) is 0 Å². The van der Waals surface area contributed by atoms with Crippen LogP contribution < -0.4 is 0 Å². The average Bonchev–Trinajstić information content (AvgIpc) is 3.50. The van der Waals surface area contributed by atoms with Gasteiger partial charge in [-0.1, -0.05) is 28.1 Å². The molecule has 0 N–H and O–H groups in total. The molecule has 1 amide bonds. The first-order chi connectivity index (χ1) is 15.3. The lowest BCUT2D eigenvalue weighted by atomic mass is 10.1. The van der Waals surface area contributed by atoms with Gasteiger partial charge in [0.15, 0.2) is 0 Å². The van der Waals surface area contributed by atoms with Crippen molar-refractivity contribution >= 4 is 65.6 Å². The second-order valence-electron chi connectivity index (χ2n) is 7.57. The van der Waals surface area contributed by atoms with Crippen LogP contribution in [-0.2, 0) is 26.1 Å². The van der Waals surface area contributed by atoms with E-state index in [1.165, 1.54) is 14.2 Å². The zero-order valence-electron chi connectivity index (χ0n) is 17.6. The van der Waals surface area contributed by atoms with Crippen molar-refractivity contribution in [3.8, 4) is 0 Å². The minimum atomic E-state index is -0.364. The van der Waals surface area contributed by atoms with Gasteiger partial charge in [0.1, 0.15) is 0 Å². The van der Waals surface area contributed by atoms with Crippen LogP contribution in [0.2, 0.25) is 0 Å². The molecule has 1 saturated carbocycles. The Labute approximate surface area is 212 Å². The third-order valence-corrected chi connectivity index (χ3v) is 7.37. The van der Waals surface area contributed by atoms with Gasteiger partial charge in [0.05, 0.1) is 25.3 Å². The highest BCUT2D eigenvalue weighted by molar-refractivity contribution is 9.11. The first kappa shape index (κ1) is 24.9. The van der Waals surface area contributed by atoms with Gasteiger partial charge in [0.25, 0.3) is 0 Å². The van der Waals surface area contributed by atoms with Crippen molar-refractivity contribution in [2.75, 3.05) is 20.8 Å². The number of rotatable bonds is 5. The monoisotopic (exact) mass is 629 g/mol. The standard InChI is InChI=1S/C14H14BrNO3.C9H8Br2O2/c1-19-14(18)10-3-2-8(4-12(10)15)6-16-7-9-5-11(9)13(16)17;1-13-9(12)7-3-2-6(5-10)4-8(7)11/h2-4,9,11H,5-7H2,1H3;2-4H,5H2,1H3. The van der Waals surface area contributed by atoms with Crippen molar-refractivity contribution in [1.82, 2.24) is 4.90 Å². The minimum absolute atomic E-state index is 0.276. The summed E-state index contributed by atoms with van der Waals surface area (Å²) in [5.74, 6) is 0.464. The largest absolute Gasteiger partial charge is 0.465 e. The molecule has 1 aliphatic heterocycles. The molecule has 2 aromatic rings. The van der Waals surface area contributed by atoms with Gasteiger partial charge in [-0.25, -0.2) is 9.59 Å².